The number of aromatic nitrogens is 1. The fourth-order valence-corrected chi connectivity index (χ4v) is 3.85. The van der Waals surface area contributed by atoms with Crippen LogP contribution in [0.1, 0.15) is 29.0 Å². The fourth-order valence-electron chi connectivity index (χ4n) is 2.85. The van der Waals surface area contributed by atoms with Gasteiger partial charge in [-0.1, -0.05) is 6.07 Å². The second-order valence-corrected chi connectivity index (χ2v) is 6.97. The summed E-state index contributed by atoms with van der Waals surface area (Å²) in [7, 11) is 0. The molecule has 1 aromatic carbocycles. The predicted octanol–water partition coefficient (Wildman–Crippen LogP) is 2.89. The quantitative estimate of drug-likeness (QED) is 0.922. The van der Waals surface area contributed by atoms with Crippen molar-refractivity contribution in [1.82, 2.24) is 4.98 Å². The molecule has 2 aliphatic heterocycles. The summed E-state index contributed by atoms with van der Waals surface area (Å²) < 4.78 is 16.2. The van der Waals surface area contributed by atoms with E-state index in [4.69, 9.17) is 14.2 Å². The van der Waals surface area contributed by atoms with Gasteiger partial charge < -0.3 is 14.2 Å². The SMILES string of the molecule is Cc1nc(NC(=O)[C@@H]2CCCO2)sc1Cc1ccc2c(c1)OCO2. The predicted molar refractivity (Wildman–Crippen MR) is 89.8 cm³/mol. The second kappa shape index (κ2) is 6.41. The third-order valence-corrected chi connectivity index (χ3v) is 5.22. The van der Waals surface area contributed by atoms with E-state index in [1.807, 2.05) is 25.1 Å². The molecule has 4 rings (SSSR count). The molecule has 0 spiro atoms. The molecule has 24 heavy (non-hydrogen) atoms. The van der Waals surface area contributed by atoms with Crippen LogP contribution in [0.25, 0.3) is 0 Å². The van der Waals surface area contributed by atoms with E-state index in [9.17, 15) is 4.79 Å². The molecule has 6 nitrogen and oxygen atoms in total. The maximum absolute atomic E-state index is 12.1. The largest absolute Gasteiger partial charge is 0.454 e. The first-order chi connectivity index (χ1) is 11.7. The Bertz CT molecular complexity index is 768. The zero-order valence-electron chi connectivity index (χ0n) is 13.3. The van der Waals surface area contributed by atoms with E-state index in [1.54, 1.807) is 0 Å². The highest BCUT2D eigenvalue weighted by Crippen LogP contribution is 2.34. The summed E-state index contributed by atoms with van der Waals surface area (Å²) in [4.78, 5) is 17.7. The van der Waals surface area contributed by atoms with Gasteiger partial charge in [0.2, 0.25) is 6.79 Å². The number of rotatable bonds is 4. The van der Waals surface area contributed by atoms with E-state index in [-0.39, 0.29) is 18.8 Å². The minimum Gasteiger partial charge on any atom is -0.454 e. The number of nitrogens with one attached hydrogen (secondary N) is 1. The Morgan fingerprint density at radius 3 is 3.08 bits per heavy atom. The fraction of sp³-hybridized carbons (Fsp3) is 0.412. The van der Waals surface area contributed by atoms with Gasteiger partial charge >= 0.3 is 0 Å². The van der Waals surface area contributed by atoms with Gasteiger partial charge in [-0.2, -0.15) is 0 Å². The standard InChI is InChI=1S/C17H18N2O4S/c1-10-15(8-11-4-5-12-14(7-11)23-9-22-12)24-17(18-10)19-16(20)13-3-2-6-21-13/h4-5,7,13H,2-3,6,8-9H2,1H3,(H,18,19,20)/t13-/m0/s1. The molecule has 126 valence electrons. The van der Waals surface area contributed by atoms with Gasteiger partial charge in [-0.15, -0.1) is 11.3 Å². The molecule has 1 amide bonds. The lowest BCUT2D eigenvalue weighted by molar-refractivity contribution is -0.124. The van der Waals surface area contributed by atoms with E-state index >= 15 is 0 Å². The minimum atomic E-state index is -0.341. The van der Waals surface area contributed by atoms with Gasteiger partial charge in [0.25, 0.3) is 5.91 Å². The molecule has 1 saturated heterocycles. The van der Waals surface area contributed by atoms with Crippen LogP contribution in [-0.2, 0) is 16.0 Å². The zero-order valence-corrected chi connectivity index (χ0v) is 14.1. The number of carbonyl (C=O) groups excluding carboxylic acids is 1. The van der Waals surface area contributed by atoms with Gasteiger partial charge in [0.05, 0.1) is 5.69 Å². The monoisotopic (exact) mass is 346 g/mol. The first kappa shape index (κ1) is 15.4. The number of hydrogen-bond acceptors (Lipinski definition) is 6. The molecule has 0 aliphatic carbocycles. The molecule has 2 aromatic rings. The molecule has 1 N–H and O–H groups in total. The molecule has 0 radical (unpaired) electrons. The number of carbonyl (C=O) groups is 1. The number of ether oxygens (including phenoxy) is 3. The van der Waals surface area contributed by atoms with Crippen molar-refractivity contribution < 1.29 is 19.0 Å². The maximum Gasteiger partial charge on any atom is 0.255 e. The number of fused-ring (bicyclic) bond motifs is 1. The first-order valence-corrected chi connectivity index (χ1v) is 8.78. The van der Waals surface area contributed by atoms with Gasteiger partial charge in [-0.3, -0.25) is 10.1 Å². The smallest absolute Gasteiger partial charge is 0.255 e. The normalized spacial score (nSPS) is 18.8. The number of benzene rings is 1. The van der Waals surface area contributed by atoms with Crippen molar-refractivity contribution in [2.45, 2.75) is 32.3 Å². The minimum absolute atomic E-state index is 0.101. The number of thiazole rings is 1. The molecule has 7 heteroatoms. The van der Waals surface area contributed by atoms with Crippen LogP contribution in [0.15, 0.2) is 18.2 Å². The lowest BCUT2D eigenvalue weighted by Crippen LogP contribution is -2.26. The molecular weight excluding hydrogens is 328 g/mol. The van der Waals surface area contributed by atoms with Crippen LogP contribution in [0.3, 0.4) is 0 Å². The molecule has 3 heterocycles. The summed E-state index contributed by atoms with van der Waals surface area (Å²) in [6.07, 6.45) is 2.12. The van der Waals surface area contributed by atoms with Crippen LogP contribution < -0.4 is 14.8 Å². The summed E-state index contributed by atoms with van der Waals surface area (Å²) in [5.41, 5.74) is 2.06. The molecule has 0 saturated carbocycles. The highest BCUT2D eigenvalue weighted by atomic mass is 32.1. The lowest BCUT2D eigenvalue weighted by Gasteiger charge is -2.07. The van der Waals surface area contributed by atoms with Crippen LogP contribution in [0.4, 0.5) is 5.13 Å². The van der Waals surface area contributed by atoms with E-state index in [0.717, 1.165) is 46.9 Å². The third-order valence-electron chi connectivity index (χ3n) is 4.15. The van der Waals surface area contributed by atoms with E-state index < -0.39 is 0 Å². The summed E-state index contributed by atoms with van der Waals surface area (Å²) >= 11 is 1.50. The van der Waals surface area contributed by atoms with Gasteiger partial charge in [-0.25, -0.2) is 4.98 Å². The Labute approximate surface area is 143 Å². The summed E-state index contributed by atoms with van der Waals surface area (Å²) in [5, 5.41) is 3.50. The summed E-state index contributed by atoms with van der Waals surface area (Å²) in [5.74, 6) is 1.46. The molecule has 0 unspecified atom stereocenters. The van der Waals surface area contributed by atoms with Crippen LogP contribution in [0.2, 0.25) is 0 Å². The van der Waals surface area contributed by atoms with Crippen LogP contribution in [-0.4, -0.2) is 30.4 Å². The average molecular weight is 346 g/mol. The number of nitrogens with zero attached hydrogens (tertiary/aromatic N) is 1. The highest BCUT2D eigenvalue weighted by Gasteiger charge is 2.24. The van der Waals surface area contributed by atoms with Crippen molar-refractivity contribution in [3.8, 4) is 11.5 Å². The highest BCUT2D eigenvalue weighted by molar-refractivity contribution is 7.15. The van der Waals surface area contributed by atoms with E-state index in [1.165, 1.54) is 11.3 Å². The Kier molecular flexibility index (Phi) is 4.12. The molecular formula is C17H18N2O4S. The number of amides is 1. The van der Waals surface area contributed by atoms with Crippen LogP contribution in [0, 0.1) is 6.92 Å². The van der Waals surface area contributed by atoms with Crippen molar-refractivity contribution in [3.63, 3.8) is 0 Å². The zero-order chi connectivity index (χ0) is 16.5. The lowest BCUT2D eigenvalue weighted by atomic mass is 10.1. The van der Waals surface area contributed by atoms with Crippen molar-refractivity contribution in [2.24, 2.45) is 0 Å². The number of aryl methyl sites for hydroxylation is 1. The molecule has 2 aliphatic rings. The van der Waals surface area contributed by atoms with E-state index in [0.29, 0.717) is 11.7 Å². The number of hydrogen-bond donors (Lipinski definition) is 1. The van der Waals surface area contributed by atoms with Crippen molar-refractivity contribution in [3.05, 3.63) is 34.3 Å². The molecule has 1 atom stereocenters. The van der Waals surface area contributed by atoms with Gasteiger partial charge in [-0.05, 0) is 37.5 Å². The molecule has 1 aromatic heterocycles. The van der Waals surface area contributed by atoms with Crippen LogP contribution >= 0.6 is 11.3 Å². The van der Waals surface area contributed by atoms with Crippen molar-refractivity contribution in [2.75, 3.05) is 18.7 Å². The Hall–Kier alpha value is -2.12. The van der Waals surface area contributed by atoms with Crippen molar-refractivity contribution >= 4 is 22.4 Å². The van der Waals surface area contributed by atoms with E-state index in [2.05, 4.69) is 10.3 Å². The van der Waals surface area contributed by atoms with Gasteiger partial charge in [0.1, 0.15) is 6.10 Å². The number of anilines is 1. The molecule has 0 bridgehead atoms. The second-order valence-electron chi connectivity index (χ2n) is 5.88. The topological polar surface area (TPSA) is 69.7 Å². The summed E-state index contributed by atoms with van der Waals surface area (Å²) in [6, 6.07) is 5.94. The van der Waals surface area contributed by atoms with Gasteiger partial charge in [0, 0.05) is 17.9 Å². The van der Waals surface area contributed by atoms with Crippen LogP contribution in [0.5, 0.6) is 11.5 Å². The molecule has 1 fully saturated rings. The van der Waals surface area contributed by atoms with Gasteiger partial charge in [0.15, 0.2) is 16.6 Å². The maximum atomic E-state index is 12.1. The Morgan fingerprint density at radius 2 is 2.25 bits per heavy atom. The Morgan fingerprint density at radius 1 is 1.38 bits per heavy atom. The first-order valence-electron chi connectivity index (χ1n) is 7.96. The summed E-state index contributed by atoms with van der Waals surface area (Å²) in [6.45, 7) is 2.89. The van der Waals surface area contributed by atoms with Crippen molar-refractivity contribution in [1.29, 1.82) is 0 Å². The Balaban J connectivity index is 1.46. The average Bonchev–Trinajstić information content (AvgIpc) is 3.29. The third kappa shape index (κ3) is 3.09.